The van der Waals surface area contributed by atoms with E-state index in [-0.39, 0.29) is 5.91 Å². The summed E-state index contributed by atoms with van der Waals surface area (Å²) in [6.45, 7) is 4.88. The van der Waals surface area contributed by atoms with Gasteiger partial charge in [-0.3, -0.25) is 4.79 Å². The Labute approximate surface area is 119 Å². The Morgan fingerprint density at radius 3 is 2.74 bits per heavy atom. The number of carbonyl (C=O) groups excluding carboxylic acids is 1. The number of rotatable bonds is 3. The topological polar surface area (TPSA) is 32.3 Å². The van der Waals surface area contributed by atoms with Crippen molar-refractivity contribution in [3.05, 3.63) is 34.3 Å². The van der Waals surface area contributed by atoms with E-state index in [0.717, 1.165) is 43.6 Å². The quantitative estimate of drug-likeness (QED) is 0.923. The third-order valence-electron chi connectivity index (χ3n) is 3.74. The number of nitrogens with one attached hydrogen (secondary N) is 1. The molecular formula is C15H21ClN2O. The molecule has 1 amide bonds. The lowest BCUT2D eigenvalue weighted by atomic mass is 9.97. The van der Waals surface area contributed by atoms with Crippen LogP contribution in [0.15, 0.2) is 18.2 Å². The Morgan fingerprint density at radius 2 is 2.11 bits per heavy atom. The summed E-state index contributed by atoms with van der Waals surface area (Å²) in [4.78, 5) is 14.2. The van der Waals surface area contributed by atoms with Gasteiger partial charge in [0.15, 0.2) is 0 Å². The SMILES string of the molecule is Cc1cc(C(=O)N(C)CC2CCNCC2)ccc1Cl. The van der Waals surface area contributed by atoms with Crippen LogP contribution in [0.4, 0.5) is 0 Å². The van der Waals surface area contributed by atoms with Crippen LogP contribution >= 0.6 is 11.6 Å². The molecule has 1 saturated heterocycles. The molecule has 0 aromatic heterocycles. The van der Waals surface area contributed by atoms with Crippen molar-refractivity contribution < 1.29 is 4.79 Å². The van der Waals surface area contributed by atoms with Crippen LogP contribution in [-0.4, -0.2) is 37.5 Å². The lowest BCUT2D eigenvalue weighted by Crippen LogP contribution is -2.37. The third kappa shape index (κ3) is 3.71. The molecule has 1 aromatic rings. The maximum atomic E-state index is 12.3. The van der Waals surface area contributed by atoms with Gasteiger partial charge in [-0.1, -0.05) is 11.6 Å². The van der Waals surface area contributed by atoms with E-state index in [1.807, 2.05) is 24.9 Å². The zero-order valence-electron chi connectivity index (χ0n) is 11.6. The van der Waals surface area contributed by atoms with E-state index in [1.165, 1.54) is 0 Å². The normalized spacial score (nSPS) is 16.4. The average Bonchev–Trinajstić information content (AvgIpc) is 2.42. The second-order valence-corrected chi connectivity index (χ2v) is 5.75. The number of halogens is 1. The molecule has 0 bridgehead atoms. The van der Waals surface area contributed by atoms with Crippen molar-refractivity contribution in [2.24, 2.45) is 5.92 Å². The van der Waals surface area contributed by atoms with Gasteiger partial charge in [-0.2, -0.15) is 0 Å². The first-order chi connectivity index (χ1) is 9.08. The van der Waals surface area contributed by atoms with Crippen LogP contribution in [0.5, 0.6) is 0 Å². The average molecular weight is 281 g/mol. The van der Waals surface area contributed by atoms with Crippen LogP contribution < -0.4 is 5.32 Å². The minimum atomic E-state index is 0.0818. The number of benzene rings is 1. The van der Waals surface area contributed by atoms with Gasteiger partial charge >= 0.3 is 0 Å². The fraction of sp³-hybridized carbons (Fsp3) is 0.533. The Morgan fingerprint density at radius 1 is 1.42 bits per heavy atom. The fourth-order valence-electron chi connectivity index (χ4n) is 2.53. The fourth-order valence-corrected chi connectivity index (χ4v) is 2.65. The molecule has 1 aliphatic heterocycles. The molecule has 0 saturated carbocycles. The number of piperidine rings is 1. The first-order valence-electron chi connectivity index (χ1n) is 6.80. The predicted molar refractivity (Wildman–Crippen MR) is 78.7 cm³/mol. The molecule has 0 atom stereocenters. The molecule has 0 radical (unpaired) electrons. The summed E-state index contributed by atoms with van der Waals surface area (Å²) in [5.41, 5.74) is 1.67. The van der Waals surface area contributed by atoms with Crippen LogP contribution in [0.3, 0.4) is 0 Å². The van der Waals surface area contributed by atoms with Gasteiger partial charge in [0.25, 0.3) is 5.91 Å². The maximum absolute atomic E-state index is 12.3. The molecule has 104 valence electrons. The highest BCUT2D eigenvalue weighted by molar-refractivity contribution is 6.31. The molecule has 0 unspecified atom stereocenters. The second-order valence-electron chi connectivity index (χ2n) is 5.34. The summed E-state index contributed by atoms with van der Waals surface area (Å²) in [6, 6.07) is 5.46. The number of aryl methyl sites for hydroxylation is 1. The number of amides is 1. The van der Waals surface area contributed by atoms with Crippen molar-refractivity contribution in [1.82, 2.24) is 10.2 Å². The van der Waals surface area contributed by atoms with Crippen LogP contribution in [0.2, 0.25) is 5.02 Å². The number of hydrogen-bond donors (Lipinski definition) is 1. The van der Waals surface area contributed by atoms with E-state index >= 15 is 0 Å². The van der Waals surface area contributed by atoms with Crippen LogP contribution in [0, 0.1) is 12.8 Å². The molecule has 1 N–H and O–H groups in total. The molecule has 0 aliphatic carbocycles. The summed E-state index contributed by atoms with van der Waals surface area (Å²) in [5, 5.41) is 4.05. The second kappa shape index (κ2) is 6.40. The minimum Gasteiger partial charge on any atom is -0.341 e. The zero-order chi connectivity index (χ0) is 13.8. The van der Waals surface area contributed by atoms with E-state index in [4.69, 9.17) is 11.6 Å². The lowest BCUT2D eigenvalue weighted by molar-refractivity contribution is 0.0762. The molecule has 4 heteroatoms. The molecule has 3 nitrogen and oxygen atoms in total. The van der Waals surface area contributed by atoms with E-state index in [1.54, 1.807) is 12.1 Å². The summed E-state index contributed by atoms with van der Waals surface area (Å²) in [6.07, 6.45) is 2.30. The molecule has 2 rings (SSSR count). The van der Waals surface area contributed by atoms with Gasteiger partial charge in [-0.15, -0.1) is 0 Å². The highest BCUT2D eigenvalue weighted by Gasteiger charge is 2.19. The molecule has 1 fully saturated rings. The molecule has 1 aromatic carbocycles. The van der Waals surface area contributed by atoms with Crippen molar-refractivity contribution in [2.45, 2.75) is 19.8 Å². The summed E-state index contributed by atoms with van der Waals surface area (Å²) < 4.78 is 0. The van der Waals surface area contributed by atoms with Gasteiger partial charge in [-0.25, -0.2) is 0 Å². The van der Waals surface area contributed by atoms with Crippen LogP contribution in [0.25, 0.3) is 0 Å². The molecule has 1 aliphatic rings. The standard InChI is InChI=1S/C15H21ClN2O/c1-11-9-13(3-4-14(11)16)15(19)18(2)10-12-5-7-17-8-6-12/h3-4,9,12,17H,5-8,10H2,1-2H3. The van der Waals surface area contributed by atoms with Crippen molar-refractivity contribution in [1.29, 1.82) is 0 Å². The highest BCUT2D eigenvalue weighted by atomic mass is 35.5. The predicted octanol–water partition coefficient (Wildman–Crippen LogP) is 2.72. The lowest BCUT2D eigenvalue weighted by Gasteiger charge is -2.27. The highest BCUT2D eigenvalue weighted by Crippen LogP contribution is 2.18. The smallest absolute Gasteiger partial charge is 0.253 e. The first kappa shape index (κ1) is 14.4. The summed E-state index contributed by atoms with van der Waals surface area (Å²) in [7, 11) is 1.88. The van der Waals surface area contributed by atoms with Crippen molar-refractivity contribution in [3.63, 3.8) is 0 Å². The number of hydrogen-bond acceptors (Lipinski definition) is 2. The Bertz CT molecular complexity index is 455. The minimum absolute atomic E-state index is 0.0818. The molecule has 0 spiro atoms. The van der Waals surface area contributed by atoms with E-state index in [0.29, 0.717) is 10.9 Å². The number of carbonyl (C=O) groups is 1. The summed E-state index contributed by atoms with van der Waals surface area (Å²) >= 11 is 5.99. The van der Waals surface area contributed by atoms with E-state index < -0.39 is 0 Å². The first-order valence-corrected chi connectivity index (χ1v) is 7.18. The van der Waals surface area contributed by atoms with Gasteiger partial charge in [-0.05, 0) is 62.5 Å². The third-order valence-corrected chi connectivity index (χ3v) is 4.17. The van der Waals surface area contributed by atoms with Gasteiger partial charge < -0.3 is 10.2 Å². The number of nitrogens with zero attached hydrogens (tertiary/aromatic N) is 1. The van der Waals surface area contributed by atoms with Crippen LogP contribution in [0.1, 0.15) is 28.8 Å². The Kier molecular flexibility index (Phi) is 4.83. The Balaban J connectivity index is 1.99. The summed E-state index contributed by atoms with van der Waals surface area (Å²) in [5.74, 6) is 0.696. The molecular weight excluding hydrogens is 260 g/mol. The van der Waals surface area contributed by atoms with Gasteiger partial charge in [0.1, 0.15) is 0 Å². The molecule has 19 heavy (non-hydrogen) atoms. The van der Waals surface area contributed by atoms with Gasteiger partial charge in [0.2, 0.25) is 0 Å². The Hall–Kier alpha value is -1.06. The maximum Gasteiger partial charge on any atom is 0.253 e. The monoisotopic (exact) mass is 280 g/mol. The van der Waals surface area contributed by atoms with Crippen molar-refractivity contribution in [3.8, 4) is 0 Å². The van der Waals surface area contributed by atoms with Gasteiger partial charge in [0.05, 0.1) is 0 Å². The van der Waals surface area contributed by atoms with Crippen LogP contribution in [-0.2, 0) is 0 Å². The van der Waals surface area contributed by atoms with Gasteiger partial charge in [0, 0.05) is 24.2 Å². The van der Waals surface area contributed by atoms with E-state index in [2.05, 4.69) is 5.32 Å². The molecule has 1 heterocycles. The largest absolute Gasteiger partial charge is 0.341 e. The van der Waals surface area contributed by atoms with E-state index in [9.17, 15) is 4.79 Å². The van der Waals surface area contributed by atoms with Crippen molar-refractivity contribution in [2.75, 3.05) is 26.7 Å². The van der Waals surface area contributed by atoms with Crippen molar-refractivity contribution >= 4 is 17.5 Å². The zero-order valence-corrected chi connectivity index (χ0v) is 12.3.